The van der Waals surface area contributed by atoms with E-state index < -0.39 is 0 Å². The van der Waals surface area contributed by atoms with Crippen molar-refractivity contribution in [2.24, 2.45) is 0 Å². The van der Waals surface area contributed by atoms with Crippen molar-refractivity contribution in [3.8, 4) is 0 Å². The Morgan fingerprint density at radius 3 is 1.09 bits per heavy atom. The van der Waals surface area contributed by atoms with Gasteiger partial charge in [0.25, 0.3) is 0 Å². The predicted octanol–water partition coefficient (Wildman–Crippen LogP) is 9.96. The van der Waals surface area contributed by atoms with Gasteiger partial charge in [-0.25, -0.2) is 0 Å². The number of nitrogens with two attached hydrogens (primary N) is 1. The molecule has 4 N–H and O–H groups in total. The molecule has 7 nitrogen and oxygen atoms in total. The lowest BCUT2D eigenvalue weighted by Gasteiger charge is -2.15. The lowest BCUT2D eigenvalue weighted by molar-refractivity contribution is 1.29. The van der Waals surface area contributed by atoms with Gasteiger partial charge in [-0.2, -0.15) is 0 Å². The molecule has 7 aromatic rings. The van der Waals surface area contributed by atoms with Crippen LogP contribution in [0.15, 0.2) is 140 Å². The number of hydrogen-bond donors (Lipinski definition) is 3. The quantitative estimate of drug-likeness (QED) is 0.168. The zero-order valence-electron chi connectivity index (χ0n) is 22.9. The van der Waals surface area contributed by atoms with Crippen molar-refractivity contribution in [1.82, 2.24) is 19.9 Å². The van der Waals surface area contributed by atoms with E-state index in [-0.39, 0.29) is 7.43 Å². The Balaban J connectivity index is 0.000000183. The van der Waals surface area contributed by atoms with Crippen molar-refractivity contribution in [3.63, 3.8) is 0 Å². The second-order valence-electron chi connectivity index (χ2n) is 9.15. The van der Waals surface area contributed by atoms with Crippen LogP contribution in [0.3, 0.4) is 0 Å². The molecule has 220 valence electrons. The molecule has 44 heavy (non-hydrogen) atoms. The summed E-state index contributed by atoms with van der Waals surface area (Å²) in [7, 11) is 0. The minimum atomic E-state index is 0. The van der Waals surface area contributed by atoms with E-state index in [0.29, 0.717) is 10.0 Å². The number of nitrogen functional groups attached to an aromatic ring is 1. The van der Waals surface area contributed by atoms with E-state index in [0.717, 1.165) is 50.5 Å². The number of aromatic nitrogens is 4. The van der Waals surface area contributed by atoms with Crippen LogP contribution >= 0.6 is 23.2 Å². The number of para-hydroxylation sites is 3. The van der Waals surface area contributed by atoms with Crippen LogP contribution < -0.4 is 16.4 Å². The molecule has 5 aromatic carbocycles. The van der Waals surface area contributed by atoms with Crippen LogP contribution in [0.5, 0.6) is 0 Å². The van der Waals surface area contributed by atoms with Crippen molar-refractivity contribution < 1.29 is 0 Å². The number of fused-ring (bicyclic) bond motifs is 2. The fourth-order valence-corrected chi connectivity index (χ4v) is 4.30. The zero-order chi connectivity index (χ0) is 29.9. The van der Waals surface area contributed by atoms with Crippen molar-refractivity contribution in [3.05, 3.63) is 150 Å². The Morgan fingerprint density at radius 2 is 0.773 bits per heavy atom. The van der Waals surface area contributed by atoms with Gasteiger partial charge in [-0.3, -0.25) is 19.9 Å². The molecule has 0 aliphatic carbocycles. The third kappa shape index (κ3) is 8.88. The van der Waals surface area contributed by atoms with Gasteiger partial charge in [-0.1, -0.05) is 85.2 Å². The summed E-state index contributed by atoms with van der Waals surface area (Å²) in [5.41, 5.74) is 13.4. The van der Waals surface area contributed by atoms with Gasteiger partial charge in [0.1, 0.15) is 0 Å². The molecule has 0 bridgehead atoms. The molecule has 0 aliphatic rings. The highest BCUT2D eigenvalue weighted by Crippen LogP contribution is 2.31. The Labute approximate surface area is 266 Å². The smallest absolute Gasteiger partial charge is 0.0909 e. The molecule has 0 spiro atoms. The fourth-order valence-electron chi connectivity index (χ4n) is 3.98. The van der Waals surface area contributed by atoms with Gasteiger partial charge < -0.3 is 16.4 Å². The van der Waals surface area contributed by atoms with E-state index in [1.807, 2.05) is 103 Å². The minimum absolute atomic E-state index is 0. The van der Waals surface area contributed by atoms with E-state index in [1.165, 1.54) is 0 Å². The molecule has 2 aromatic heterocycles. The van der Waals surface area contributed by atoms with Gasteiger partial charge in [-0.05, 0) is 60.7 Å². The Bertz CT molecular complexity index is 1790. The minimum Gasteiger partial charge on any atom is -0.399 e. The number of anilines is 5. The first kappa shape index (κ1) is 31.7. The number of halogens is 2. The van der Waals surface area contributed by atoms with Crippen LogP contribution in [0.2, 0.25) is 10.0 Å². The molecule has 0 saturated heterocycles. The van der Waals surface area contributed by atoms with E-state index in [2.05, 4.69) is 30.6 Å². The van der Waals surface area contributed by atoms with Crippen LogP contribution in [0.1, 0.15) is 7.43 Å². The number of hydrogen-bond acceptors (Lipinski definition) is 7. The standard InChI is InChI=1S/C20H16N4.C8H4Cl2N2.C6H7N.CH4/c1-3-7-15(8-4-1)23-19-13-17-18(22-12-11-21-17)14-20(19)24-16-9-5-2-6-10-16;9-5-3-7-8(4-6(5)10)12-2-1-11-7;7-6-4-2-1-3-5-6;/h1-14,23-24H;1-4H;1-5H,7H2;1H4. The Hall–Kier alpha value is -5.24. The average Bonchev–Trinajstić information content (AvgIpc) is 3.04. The lowest BCUT2D eigenvalue weighted by Crippen LogP contribution is -1.98. The zero-order valence-corrected chi connectivity index (χ0v) is 24.4. The summed E-state index contributed by atoms with van der Waals surface area (Å²) in [6.07, 6.45) is 6.65. The highest BCUT2D eigenvalue weighted by Gasteiger charge is 2.08. The first-order valence-corrected chi connectivity index (χ1v) is 14.1. The third-order valence-corrected chi connectivity index (χ3v) is 6.75. The summed E-state index contributed by atoms with van der Waals surface area (Å²) in [4.78, 5) is 17.0. The summed E-state index contributed by atoms with van der Waals surface area (Å²) in [5.74, 6) is 0. The van der Waals surface area contributed by atoms with Crippen molar-refractivity contribution in [1.29, 1.82) is 0 Å². The van der Waals surface area contributed by atoms with Gasteiger partial charge in [0, 0.05) is 41.8 Å². The van der Waals surface area contributed by atoms with Gasteiger partial charge >= 0.3 is 0 Å². The SMILES string of the molecule is C.Clc1cc2nccnc2cc1Cl.Nc1ccccc1.c1ccc(Nc2cc3nccnc3cc2Nc2ccccc2)cc1. The largest absolute Gasteiger partial charge is 0.399 e. The summed E-state index contributed by atoms with van der Waals surface area (Å²) >= 11 is 11.6. The number of rotatable bonds is 4. The van der Waals surface area contributed by atoms with Crippen LogP contribution in [-0.2, 0) is 0 Å². The predicted molar refractivity (Wildman–Crippen MR) is 186 cm³/mol. The van der Waals surface area contributed by atoms with Crippen LogP contribution in [0, 0.1) is 0 Å². The van der Waals surface area contributed by atoms with Gasteiger partial charge in [-0.15, -0.1) is 0 Å². The first-order chi connectivity index (χ1) is 21.0. The molecule has 0 atom stereocenters. The highest BCUT2D eigenvalue weighted by atomic mass is 35.5. The molecule has 7 rings (SSSR count). The van der Waals surface area contributed by atoms with Gasteiger partial charge in [0.15, 0.2) is 0 Å². The second kappa shape index (κ2) is 15.8. The molecule has 0 radical (unpaired) electrons. The van der Waals surface area contributed by atoms with Crippen LogP contribution in [0.4, 0.5) is 28.4 Å². The van der Waals surface area contributed by atoms with Crippen molar-refractivity contribution in [2.75, 3.05) is 16.4 Å². The maximum Gasteiger partial charge on any atom is 0.0909 e. The molecule has 0 unspecified atom stereocenters. The monoisotopic (exact) mass is 619 g/mol. The number of nitrogens with zero attached hydrogens (tertiary/aromatic N) is 4. The van der Waals surface area contributed by atoms with E-state index >= 15 is 0 Å². The Morgan fingerprint density at radius 1 is 0.455 bits per heavy atom. The summed E-state index contributed by atoms with van der Waals surface area (Å²) in [6, 6.07) is 37.1. The maximum atomic E-state index is 5.79. The number of nitrogens with one attached hydrogen (secondary N) is 2. The van der Waals surface area contributed by atoms with Gasteiger partial charge in [0.05, 0.1) is 43.5 Å². The molecule has 2 heterocycles. The highest BCUT2D eigenvalue weighted by molar-refractivity contribution is 6.42. The lowest BCUT2D eigenvalue weighted by atomic mass is 10.2. The molecule has 0 saturated carbocycles. The summed E-state index contributed by atoms with van der Waals surface area (Å²) < 4.78 is 0. The maximum absolute atomic E-state index is 5.79. The second-order valence-corrected chi connectivity index (χ2v) is 9.96. The molecule has 0 aliphatic heterocycles. The molecule has 0 amide bonds. The molecular formula is C35H31Cl2N7. The van der Waals surface area contributed by atoms with E-state index in [9.17, 15) is 0 Å². The van der Waals surface area contributed by atoms with Crippen LogP contribution in [-0.4, -0.2) is 19.9 Å². The topological polar surface area (TPSA) is 102 Å². The summed E-state index contributed by atoms with van der Waals surface area (Å²) in [5, 5.41) is 7.92. The first-order valence-electron chi connectivity index (χ1n) is 13.3. The van der Waals surface area contributed by atoms with Crippen molar-refractivity contribution in [2.45, 2.75) is 7.43 Å². The third-order valence-electron chi connectivity index (χ3n) is 6.03. The normalized spacial score (nSPS) is 9.95. The van der Waals surface area contributed by atoms with Crippen molar-refractivity contribution >= 4 is 73.7 Å². The molecular weight excluding hydrogens is 589 g/mol. The molecule has 0 fully saturated rings. The van der Waals surface area contributed by atoms with E-state index in [1.54, 1.807) is 36.9 Å². The van der Waals surface area contributed by atoms with Crippen LogP contribution in [0.25, 0.3) is 22.1 Å². The fraction of sp³-hybridized carbons (Fsp3) is 0.0286. The molecule has 9 heteroatoms. The number of benzene rings is 5. The summed E-state index contributed by atoms with van der Waals surface area (Å²) in [6.45, 7) is 0. The Kier molecular flexibility index (Phi) is 11.4. The van der Waals surface area contributed by atoms with E-state index in [4.69, 9.17) is 28.9 Å². The van der Waals surface area contributed by atoms with Gasteiger partial charge in [0.2, 0.25) is 0 Å². The average molecular weight is 621 g/mol.